The van der Waals surface area contributed by atoms with Crippen LogP contribution in [-0.4, -0.2) is 41.5 Å². The van der Waals surface area contributed by atoms with Crippen molar-refractivity contribution in [1.82, 2.24) is 9.88 Å². The minimum atomic E-state index is -0.0290. The van der Waals surface area contributed by atoms with Crippen molar-refractivity contribution in [3.05, 3.63) is 64.8 Å². The van der Waals surface area contributed by atoms with Gasteiger partial charge in [-0.2, -0.15) is 5.26 Å². The molecule has 1 saturated heterocycles. The lowest BCUT2D eigenvalue weighted by Crippen LogP contribution is -2.54. The van der Waals surface area contributed by atoms with Gasteiger partial charge in [-0.25, -0.2) is 4.98 Å². The molecule has 26 heavy (non-hydrogen) atoms. The molecule has 0 N–H and O–H groups in total. The van der Waals surface area contributed by atoms with E-state index in [1.165, 1.54) is 0 Å². The first kappa shape index (κ1) is 18.0. The van der Waals surface area contributed by atoms with Crippen LogP contribution in [0.25, 0.3) is 6.08 Å². The zero-order valence-electron chi connectivity index (χ0n) is 14.5. The summed E-state index contributed by atoms with van der Waals surface area (Å²) < 4.78 is 0. The molecule has 1 amide bonds. The highest BCUT2D eigenvalue weighted by atomic mass is 35.5. The number of pyridine rings is 1. The van der Waals surface area contributed by atoms with Crippen molar-refractivity contribution in [2.24, 2.45) is 0 Å². The lowest BCUT2D eigenvalue weighted by atomic mass is 10.1. The molecule has 1 aromatic heterocycles. The second-order valence-corrected chi connectivity index (χ2v) is 6.64. The number of carbonyl (C=O) groups excluding carboxylic acids is 1. The zero-order chi connectivity index (χ0) is 18.5. The van der Waals surface area contributed by atoms with Crippen LogP contribution in [0, 0.1) is 11.3 Å². The van der Waals surface area contributed by atoms with Crippen LogP contribution in [0.15, 0.2) is 48.7 Å². The molecule has 6 heteroatoms. The standard InChI is InChI=1S/C20H19ClN4O/c1-15-14-24(20-17(13-22)5-3-9-23-20)10-11-25(15)19(26)8-7-16-4-2-6-18(21)12-16/h2-9,12,15H,10-11,14H2,1H3/t15-/m1/s1. The van der Waals surface area contributed by atoms with E-state index in [0.717, 1.165) is 5.56 Å². The van der Waals surface area contributed by atoms with E-state index in [0.29, 0.717) is 36.0 Å². The van der Waals surface area contributed by atoms with Crippen LogP contribution in [0.3, 0.4) is 0 Å². The van der Waals surface area contributed by atoms with E-state index in [4.69, 9.17) is 11.6 Å². The molecule has 0 saturated carbocycles. The summed E-state index contributed by atoms with van der Waals surface area (Å²) in [7, 11) is 0. The van der Waals surface area contributed by atoms with Crippen molar-refractivity contribution in [3.8, 4) is 6.07 Å². The van der Waals surface area contributed by atoms with Crippen LogP contribution >= 0.6 is 11.6 Å². The molecule has 0 spiro atoms. The van der Waals surface area contributed by atoms with Gasteiger partial charge in [0.1, 0.15) is 11.9 Å². The maximum atomic E-state index is 12.6. The predicted molar refractivity (Wildman–Crippen MR) is 103 cm³/mol. The van der Waals surface area contributed by atoms with Crippen LogP contribution in [0.2, 0.25) is 5.02 Å². The van der Waals surface area contributed by atoms with Crippen LogP contribution in [0.5, 0.6) is 0 Å². The summed E-state index contributed by atoms with van der Waals surface area (Å²) in [4.78, 5) is 20.8. The van der Waals surface area contributed by atoms with Crippen LogP contribution in [-0.2, 0) is 4.79 Å². The summed E-state index contributed by atoms with van der Waals surface area (Å²) in [5.41, 5.74) is 1.45. The normalized spacial score (nSPS) is 17.3. The number of nitrogens with zero attached hydrogens (tertiary/aromatic N) is 4. The van der Waals surface area contributed by atoms with Gasteiger partial charge >= 0.3 is 0 Å². The molecule has 5 nitrogen and oxygen atoms in total. The molecule has 2 aromatic rings. The van der Waals surface area contributed by atoms with Crippen molar-refractivity contribution >= 4 is 29.4 Å². The molecule has 3 rings (SSSR count). The van der Waals surface area contributed by atoms with Crippen molar-refractivity contribution in [1.29, 1.82) is 5.26 Å². The molecule has 0 radical (unpaired) electrons. The third kappa shape index (κ3) is 4.04. The van der Waals surface area contributed by atoms with E-state index >= 15 is 0 Å². The molecule has 0 unspecified atom stereocenters. The highest BCUT2D eigenvalue weighted by Gasteiger charge is 2.27. The number of carbonyl (C=O) groups is 1. The van der Waals surface area contributed by atoms with Crippen LogP contribution in [0.1, 0.15) is 18.1 Å². The first-order chi connectivity index (χ1) is 12.6. The Morgan fingerprint density at radius 3 is 2.92 bits per heavy atom. The minimum Gasteiger partial charge on any atom is -0.352 e. The average Bonchev–Trinajstić information content (AvgIpc) is 2.66. The van der Waals surface area contributed by atoms with Crippen molar-refractivity contribution in [3.63, 3.8) is 0 Å². The van der Waals surface area contributed by atoms with E-state index in [9.17, 15) is 10.1 Å². The number of piperazine rings is 1. The first-order valence-corrected chi connectivity index (χ1v) is 8.80. The second kappa shape index (κ2) is 8.03. The van der Waals surface area contributed by atoms with Gasteiger partial charge in [-0.15, -0.1) is 0 Å². The number of amides is 1. The Bertz CT molecular complexity index is 874. The summed E-state index contributed by atoms with van der Waals surface area (Å²) >= 11 is 5.97. The second-order valence-electron chi connectivity index (χ2n) is 6.20. The van der Waals surface area contributed by atoms with Crippen molar-refractivity contribution < 1.29 is 4.79 Å². The van der Waals surface area contributed by atoms with E-state index in [-0.39, 0.29) is 11.9 Å². The van der Waals surface area contributed by atoms with Crippen LogP contribution < -0.4 is 4.90 Å². The Kier molecular flexibility index (Phi) is 5.55. The molecule has 1 fully saturated rings. The Labute approximate surface area is 158 Å². The fourth-order valence-electron chi connectivity index (χ4n) is 3.09. The zero-order valence-corrected chi connectivity index (χ0v) is 15.2. The summed E-state index contributed by atoms with van der Waals surface area (Å²) in [5.74, 6) is 0.655. The van der Waals surface area contributed by atoms with Gasteiger partial charge < -0.3 is 9.80 Å². The largest absolute Gasteiger partial charge is 0.352 e. The molecule has 2 heterocycles. The van der Waals surface area contributed by atoms with Gasteiger partial charge in [0.2, 0.25) is 5.91 Å². The van der Waals surface area contributed by atoms with Gasteiger partial charge in [-0.3, -0.25) is 4.79 Å². The van der Waals surface area contributed by atoms with Gasteiger partial charge in [0, 0.05) is 43.0 Å². The topological polar surface area (TPSA) is 60.2 Å². The SMILES string of the molecule is C[C@@H]1CN(c2ncccc2C#N)CCN1C(=O)C=Cc1cccc(Cl)c1. The van der Waals surface area contributed by atoms with E-state index in [2.05, 4.69) is 16.0 Å². The van der Waals surface area contributed by atoms with E-state index in [1.54, 1.807) is 36.5 Å². The summed E-state index contributed by atoms with van der Waals surface area (Å²) in [6.45, 7) is 3.88. The van der Waals surface area contributed by atoms with Gasteiger partial charge in [0.15, 0.2) is 0 Å². The molecule has 1 aliphatic heterocycles. The fraction of sp³-hybridized carbons (Fsp3) is 0.250. The maximum Gasteiger partial charge on any atom is 0.246 e. The van der Waals surface area contributed by atoms with Gasteiger partial charge in [0.05, 0.1) is 5.56 Å². The number of halogens is 1. The van der Waals surface area contributed by atoms with Crippen LogP contribution in [0.4, 0.5) is 5.82 Å². The molecule has 0 bridgehead atoms. The number of hydrogen-bond acceptors (Lipinski definition) is 4. The molecule has 0 aliphatic carbocycles. The summed E-state index contributed by atoms with van der Waals surface area (Å²) in [6.07, 6.45) is 5.05. The minimum absolute atomic E-state index is 0.0220. The molecular formula is C20H19ClN4O. The predicted octanol–water partition coefficient (Wildman–Crippen LogP) is 3.36. The first-order valence-electron chi connectivity index (χ1n) is 8.43. The number of benzene rings is 1. The van der Waals surface area contributed by atoms with Gasteiger partial charge in [-0.05, 0) is 42.8 Å². The fourth-order valence-corrected chi connectivity index (χ4v) is 3.29. The number of aromatic nitrogens is 1. The molecular weight excluding hydrogens is 348 g/mol. The summed E-state index contributed by atoms with van der Waals surface area (Å²) in [5, 5.41) is 9.90. The molecule has 1 atom stereocenters. The van der Waals surface area contributed by atoms with E-state index in [1.807, 2.05) is 30.0 Å². The highest BCUT2D eigenvalue weighted by molar-refractivity contribution is 6.30. The number of nitriles is 1. The quantitative estimate of drug-likeness (QED) is 0.781. The number of rotatable bonds is 3. The van der Waals surface area contributed by atoms with Gasteiger partial charge in [-0.1, -0.05) is 23.7 Å². The van der Waals surface area contributed by atoms with Crippen molar-refractivity contribution in [2.75, 3.05) is 24.5 Å². The lowest BCUT2D eigenvalue weighted by Gasteiger charge is -2.40. The Morgan fingerprint density at radius 2 is 2.19 bits per heavy atom. The lowest BCUT2D eigenvalue weighted by molar-refractivity contribution is -0.128. The Hall–Kier alpha value is -2.84. The smallest absolute Gasteiger partial charge is 0.246 e. The molecule has 132 valence electrons. The number of hydrogen-bond donors (Lipinski definition) is 0. The molecule has 1 aromatic carbocycles. The number of anilines is 1. The van der Waals surface area contributed by atoms with E-state index < -0.39 is 0 Å². The Morgan fingerprint density at radius 1 is 1.35 bits per heavy atom. The van der Waals surface area contributed by atoms with Crippen molar-refractivity contribution in [2.45, 2.75) is 13.0 Å². The summed E-state index contributed by atoms with van der Waals surface area (Å²) in [6, 6.07) is 13.1. The van der Waals surface area contributed by atoms with Gasteiger partial charge in [0.25, 0.3) is 0 Å². The maximum absolute atomic E-state index is 12.6. The third-order valence-corrected chi connectivity index (χ3v) is 4.62. The highest BCUT2D eigenvalue weighted by Crippen LogP contribution is 2.21. The monoisotopic (exact) mass is 366 g/mol. The molecule has 1 aliphatic rings. The third-order valence-electron chi connectivity index (χ3n) is 4.38. The Balaban J connectivity index is 1.67. The average molecular weight is 367 g/mol.